The monoisotopic (exact) mass is 406 g/mol. The van der Waals surface area contributed by atoms with Crippen LogP contribution in [0.15, 0.2) is 21.7 Å². The van der Waals surface area contributed by atoms with E-state index in [1.165, 1.54) is 4.57 Å². The normalized spacial score (nSPS) is 16.1. The van der Waals surface area contributed by atoms with Crippen molar-refractivity contribution >= 4 is 11.0 Å². The molecule has 1 aromatic rings. The molecule has 0 saturated heterocycles. The Bertz CT molecular complexity index is 1130. The number of aliphatic hydroxyl groups is 5. The lowest BCUT2D eigenvalue weighted by molar-refractivity contribution is -0.117. The molecule has 11 heteroatoms. The van der Waals surface area contributed by atoms with E-state index >= 15 is 0 Å². The summed E-state index contributed by atoms with van der Waals surface area (Å²) in [6.07, 6.45) is -6.91. The Morgan fingerprint density at radius 2 is 1.62 bits per heavy atom. The molecule has 0 saturated carbocycles. The molecule has 4 atom stereocenters. The van der Waals surface area contributed by atoms with Crippen molar-refractivity contribution < 1.29 is 25.5 Å². The zero-order valence-electron chi connectivity index (χ0n) is 15.8. The van der Waals surface area contributed by atoms with Gasteiger partial charge in [0.25, 0.3) is 5.56 Å². The molecule has 0 bridgehead atoms. The van der Waals surface area contributed by atoms with Crippen LogP contribution in [0, 0.1) is 13.8 Å². The van der Waals surface area contributed by atoms with Crippen LogP contribution in [-0.2, 0) is 6.54 Å². The summed E-state index contributed by atoms with van der Waals surface area (Å²) in [4.78, 5) is 34.1. The van der Waals surface area contributed by atoms with Gasteiger partial charge in [0.2, 0.25) is 0 Å². The zero-order valence-corrected chi connectivity index (χ0v) is 15.8. The fourth-order valence-electron chi connectivity index (χ4n) is 3.09. The lowest BCUT2D eigenvalue weighted by Gasteiger charge is -2.27. The third kappa shape index (κ3) is 3.91. The molecule has 29 heavy (non-hydrogen) atoms. The van der Waals surface area contributed by atoms with Crippen LogP contribution in [0.4, 0.5) is 0 Å². The number of aryl methyl sites for hydroxylation is 2. The number of fused-ring (bicyclic) bond motifs is 2. The van der Waals surface area contributed by atoms with Gasteiger partial charge in [-0.25, -0.2) is 9.78 Å². The minimum atomic E-state index is -1.82. The van der Waals surface area contributed by atoms with Crippen molar-refractivity contribution in [2.75, 3.05) is 6.61 Å². The number of nitrogens with one attached hydrogen (secondary N) is 1. The van der Waals surface area contributed by atoms with E-state index in [9.17, 15) is 30.0 Å². The molecular formula is C18H22N4O7. The summed E-state index contributed by atoms with van der Waals surface area (Å²) in [6, 6.07) is 3.47. The molecule has 0 aliphatic carbocycles. The topological polar surface area (TPSA) is 182 Å². The van der Waals surface area contributed by atoms with Crippen molar-refractivity contribution in [2.24, 2.45) is 0 Å². The van der Waals surface area contributed by atoms with Crippen LogP contribution < -0.4 is 11.2 Å². The van der Waals surface area contributed by atoms with Gasteiger partial charge in [-0.3, -0.25) is 9.78 Å². The maximum absolute atomic E-state index is 12.2. The number of rotatable bonds is 6. The number of hydrogen-bond acceptors (Lipinski definition) is 9. The molecule has 2 heterocycles. The number of hydrogen-bond donors (Lipinski definition) is 6. The molecule has 2 aliphatic heterocycles. The first-order chi connectivity index (χ1) is 13.6. The number of aromatic amines is 1. The maximum atomic E-state index is 12.2. The Balaban J connectivity index is 2.19. The molecule has 2 aliphatic rings. The second-order valence-corrected chi connectivity index (χ2v) is 6.99. The third-order valence-corrected chi connectivity index (χ3v) is 4.92. The summed E-state index contributed by atoms with van der Waals surface area (Å²) >= 11 is 0. The van der Waals surface area contributed by atoms with Gasteiger partial charge < -0.3 is 30.1 Å². The van der Waals surface area contributed by atoms with Crippen LogP contribution in [0.1, 0.15) is 11.1 Å². The predicted molar refractivity (Wildman–Crippen MR) is 102 cm³/mol. The van der Waals surface area contributed by atoms with Gasteiger partial charge in [0.1, 0.15) is 24.4 Å². The van der Waals surface area contributed by atoms with Crippen molar-refractivity contribution in [3.05, 3.63) is 44.1 Å². The summed E-state index contributed by atoms with van der Waals surface area (Å²) < 4.78 is 1.35. The van der Waals surface area contributed by atoms with Gasteiger partial charge in [-0.2, -0.15) is 4.98 Å². The largest absolute Gasteiger partial charge is 0.394 e. The van der Waals surface area contributed by atoms with Gasteiger partial charge in [0.15, 0.2) is 11.5 Å². The number of aromatic nitrogens is 4. The van der Waals surface area contributed by atoms with Gasteiger partial charge >= 0.3 is 5.69 Å². The van der Waals surface area contributed by atoms with Gasteiger partial charge in [-0.05, 0) is 37.1 Å². The van der Waals surface area contributed by atoms with E-state index in [4.69, 9.17) is 5.11 Å². The summed E-state index contributed by atoms with van der Waals surface area (Å²) in [5.74, 6) is -0.0991. The summed E-state index contributed by atoms with van der Waals surface area (Å²) in [6.45, 7) is 2.53. The first kappa shape index (κ1) is 21.0. The van der Waals surface area contributed by atoms with Crippen molar-refractivity contribution in [1.29, 1.82) is 0 Å². The van der Waals surface area contributed by atoms with E-state index in [1.807, 2.05) is 18.8 Å². The number of H-pyrrole nitrogens is 1. The average Bonchev–Trinajstić information content (AvgIpc) is 2.68. The second-order valence-electron chi connectivity index (χ2n) is 6.99. The third-order valence-electron chi connectivity index (χ3n) is 4.92. The van der Waals surface area contributed by atoms with Crippen LogP contribution in [0.5, 0.6) is 0 Å². The van der Waals surface area contributed by atoms with E-state index in [0.717, 1.165) is 11.1 Å². The zero-order chi connectivity index (χ0) is 21.5. The van der Waals surface area contributed by atoms with Crippen LogP contribution >= 0.6 is 0 Å². The standard InChI is InChI=1S/C18H22N4O7/c1-7-3-9-10(4-8(7)2)22(5-11(24)14(26)15(27)12(25)6-23)16-13(19-9)17(28)21-18(29)20-16/h3-4,11-12,14-15,23-27H,5-6H2,1-2H3,(H,21,28,29)/t11-,12+,14-,15-/m0/s1. The second kappa shape index (κ2) is 7.97. The van der Waals surface area contributed by atoms with E-state index < -0.39 is 42.3 Å². The summed E-state index contributed by atoms with van der Waals surface area (Å²) in [5.41, 5.74) is 0.864. The van der Waals surface area contributed by atoms with Gasteiger partial charge in [-0.15, -0.1) is 0 Å². The molecular weight excluding hydrogens is 384 g/mol. The first-order valence-electron chi connectivity index (χ1n) is 8.89. The highest BCUT2D eigenvalue weighted by atomic mass is 16.4. The van der Waals surface area contributed by atoms with Crippen LogP contribution in [-0.4, -0.2) is 76.1 Å². The van der Waals surface area contributed by atoms with Gasteiger partial charge in [-0.1, -0.05) is 0 Å². The molecule has 0 amide bonds. The van der Waals surface area contributed by atoms with Gasteiger partial charge in [0.05, 0.1) is 24.2 Å². The van der Waals surface area contributed by atoms with Gasteiger partial charge in [0, 0.05) is 0 Å². The Morgan fingerprint density at radius 3 is 2.28 bits per heavy atom. The smallest absolute Gasteiger partial charge is 0.349 e. The molecule has 0 fully saturated rings. The molecule has 0 unspecified atom stereocenters. The lowest BCUT2D eigenvalue weighted by Crippen LogP contribution is -2.47. The van der Waals surface area contributed by atoms with Crippen LogP contribution in [0.25, 0.3) is 22.6 Å². The first-order valence-corrected chi connectivity index (χ1v) is 8.89. The van der Waals surface area contributed by atoms with Crippen molar-refractivity contribution in [1.82, 2.24) is 19.5 Å². The van der Waals surface area contributed by atoms with Crippen LogP contribution in [0.2, 0.25) is 0 Å². The van der Waals surface area contributed by atoms with Crippen molar-refractivity contribution in [2.45, 2.75) is 44.8 Å². The fraction of sp³-hybridized carbons (Fsp3) is 0.444. The highest BCUT2D eigenvalue weighted by Gasteiger charge is 2.31. The van der Waals surface area contributed by atoms with Crippen molar-refractivity contribution in [3.8, 4) is 11.5 Å². The molecule has 0 radical (unpaired) electrons. The molecule has 156 valence electrons. The Hall–Kier alpha value is -2.70. The van der Waals surface area contributed by atoms with E-state index in [-0.39, 0.29) is 18.1 Å². The summed E-state index contributed by atoms with van der Waals surface area (Å²) in [7, 11) is 0. The van der Waals surface area contributed by atoms with Crippen molar-refractivity contribution in [3.63, 3.8) is 0 Å². The summed E-state index contributed by atoms with van der Waals surface area (Å²) in [5, 5.41) is 48.9. The molecule has 0 spiro atoms. The Labute approximate surface area is 163 Å². The highest BCUT2D eigenvalue weighted by Crippen LogP contribution is 2.24. The van der Waals surface area contributed by atoms with Crippen LogP contribution in [0.3, 0.4) is 0 Å². The minimum Gasteiger partial charge on any atom is -0.394 e. The number of aliphatic hydroxyl groups excluding tert-OH is 5. The minimum absolute atomic E-state index is 0.0991. The predicted octanol–water partition coefficient (Wildman–Crippen LogP) is -2.36. The Kier molecular flexibility index (Phi) is 5.78. The Morgan fingerprint density at radius 1 is 1.00 bits per heavy atom. The van der Waals surface area contributed by atoms with E-state index in [1.54, 1.807) is 12.1 Å². The SMILES string of the molecule is Cc1cc2nc3c(=O)[nH]c(=O)nc-3n(C[C@H](O)[C@H](O)[C@@H](O)[C@H](O)CO)c2cc1C. The number of benzene rings is 1. The number of nitrogens with zero attached hydrogens (tertiary/aromatic N) is 3. The highest BCUT2D eigenvalue weighted by molar-refractivity contribution is 5.81. The average molecular weight is 406 g/mol. The van der Waals surface area contributed by atoms with E-state index in [0.29, 0.717) is 11.0 Å². The van der Waals surface area contributed by atoms with E-state index in [2.05, 4.69) is 9.97 Å². The molecule has 1 aromatic carbocycles. The molecule has 11 nitrogen and oxygen atoms in total. The quantitative estimate of drug-likeness (QED) is 0.244. The molecule has 3 rings (SSSR count). The lowest BCUT2D eigenvalue weighted by atomic mass is 10.0. The fourth-order valence-corrected chi connectivity index (χ4v) is 3.09. The maximum Gasteiger partial charge on any atom is 0.349 e. The molecule has 6 N–H and O–H groups in total. The molecule has 0 aromatic heterocycles.